The zero-order valence-electron chi connectivity index (χ0n) is 11.3. The Kier molecular flexibility index (Phi) is 4.49. The van der Waals surface area contributed by atoms with Crippen molar-refractivity contribution in [3.8, 4) is 0 Å². The second kappa shape index (κ2) is 5.97. The summed E-state index contributed by atoms with van der Waals surface area (Å²) in [6.07, 6.45) is 0. The van der Waals surface area contributed by atoms with Gasteiger partial charge in [0.15, 0.2) is 10.9 Å². The van der Waals surface area contributed by atoms with E-state index in [2.05, 4.69) is 26.1 Å². The summed E-state index contributed by atoms with van der Waals surface area (Å²) < 4.78 is 2.44. The second-order valence-corrected chi connectivity index (χ2v) is 6.50. The lowest BCUT2D eigenvalue weighted by atomic mass is 10.1. The number of carbonyl (C=O) groups excluding carboxylic acids is 1. The van der Waals surface area contributed by atoms with Gasteiger partial charge in [0, 0.05) is 21.0 Å². The Labute approximate surface area is 128 Å². The Balaban J connectivity index is 2.47. The number of hydrogen-bond donors (Lipinski definition) is 1. The minimum Gasteiger partial charge on any atom is -0.294 e. The lowest BCUT2D eigenvalue weighted by molar-refractivity contribution is 0.101. The Morgan fingerprint density at radius 3 is 2.75 bits per heavy atom. The highest BCUT2D eigenvalue weighted by atomic mass is 79.9. The molecule has 5 nitrogen and oxygen atoms in total. The maximum atomic E-state index is 11.7. The minimum absolute atomic E-state index is 0.00307. The molecule has 0 bridgehead atoms. The largest absolute Gasteiger partial charge is 0.344 e. The van der Waals surface area contributed by atoms with Crippen LogP contribution in [0.5, 0.6) is 0 Å². The predicted molar refractivity (Wildman–Crippen MR) is 81.5 cm³/mol. The number of halogens is 1. The fourth-order valence-electron chi connectivity index (χ4n) is 1.79. The number of nitrogens with zero attached hydrogens (tertiary/aromatic N) is 2. The molecule has 0 aliphatic carbocycles. The third-order valence-electron chi connectivity index (χ3n) is 2.71. The number of nitrogens with one attached hydrogen (secondary N) is 1. The van der Waals surface area contributed by atoms with Gasteiger partial charge in [-0.05, 0) is 50.7 Å². The van der Waals surface area contributed by atoms with Crippen LogP contribution in [0.3, 0.4) is 0 Å². The van der Waals surface area contributed by atoms with E-state index in [1.54, 1.807) is 10.6 Å². The van der Waals surface area contributed by atoms with Crippen LogP contribution in [0, 0.1) is 0 Å². The molecule has 0 atom stereocenters. The number of Topliss-reactive ketones (excluding diaryl/α,β-unsaturated/α-hetero) is 1. The van der Waals surface area contributed by atoms with E-state index in [1.165, 1.54) is 18.7 Å². The highest BCUT2D eigenvalue weighted by Gasteiger charge is 2.16. The summed E-state index contributed by atoms with van der Waals surface area (Å²) in [5, 5.41) is 7.01. The van der Waals surface area contributed by atoms with Gasteiger partial charge >= 0.3 is 5.69 Å². The topological polar surface area (TPSA) is 67.8 Å². The van der Waals surface area contributed by atoms with Crippen molar-refractivity contribution in [2.45, 2.75) is 36.9 Å². The van der Waals surface area contributed by atoms with E-state index >= 15 is 0 Å². The van der Waals surface area contributed by atoms with Gasteiger partial charge in [-0.1, -0.05) is 15.9 Å². The van der Waals surface area contributed by atoms with Crippen molar-refractivity contribution in [3.63, 3.8) is 0 Å². The van der Waals surface area contributed by atoms with Crippen molar-refractivity contribution in [2.24, 2.45) is 0 Å². The molecule has 1 N–H and O–H groups in total. The van der Waals surface area contributed by atoms with Gasteiger partial charge in [-0.15, -0.1) is 5.10 Å². The van der Waals surface area contributed by atoms with Crippen molar-refractivity contribution in [1.29, 1.82) is 0 Å². The van der Waals surface area contributed by atoms with Gasteiger partial charge in [0.05, 0.1) is 0 Å². The van der Waals surface area contributed by atoms with Crippen LogP contribution in [0.2, 0.25) is 0 Å². The average molecular weight is 356 g/mol. The van der Waals surface area contributed by atoms with Gasteiger partial charge in [-0.3, -0.25) is 9.36 Å². The maximum Gasteiger partial charge on any atom is 0.344 e. The Hall–Kier alpha value is -1.34. The van der Waals surface area contributed by atoms with E-state index in [0.29, 0.717) is 10.7 Å². The zero-order valence-corrected chi connectivity index (χ0v) is 13.7. The first-order valence-electron chi connectivity index (χ1n) is 6.05. The smallest absolute Gasteiger partial charge is 0.294 e. The third-order valence-corrected chi connectivity index (χ3v) is 4.23. The van der Waals surface area contributed by atoms with Crippen LogP contribution in [0.15, 0.2) is 37.5 Å². The van der Waals surface area contributed by atoms with E-state index in [4.69, 9.17) is 0 Å². The van der Waals surface area contributed by atoms with Crippen LogP contribution >= 0.6 is 27.7 Å². The van der Waals surface area contributed by atoms with Crippen molar-refractivity contribution >= 4 is 33.5 Å². The molecule has 0 saturated carbocycles. The van der Waals surface area contributed by atoms with E-state index in [1.807, 2.05) is 26.0 Å². The quantitative estimate of drug-likeness (QED) is 0.854. The standard InChI is InChI=1S/C13H14BrN3O2S/c1-7(2)17-12(19)15-16-13(17)20-11-6-9(14)4-5-10(11)8(3)18/h4-7H,1-3H3,(H,15,19). The van der Waals surface area contributed by atoms with Crippen molar-refractivity contribution in [1.82, 2.24) is 14.8 Å². The van der Waals surface area contributed by atoms with Gasteiger partial charge < -0.3 is 0 Å². The molecule has 0 fully saturated rings. The number of rotatable bonds is 4. The Bertz CT molecular complexity index is 706. The van der Waals surface area contributed by atoms with Crippen molar-refractivity contribution in [2.75, 3.05) is 0 Å². The molecule has 0 aliphatic rings. The molecule has 0 spiro atoms. The van der Waals surface area contributed by atoms with E-state index in [-0.39, 0.29) is 17.5 Å². The number of ketones is 1. The number of aromatic amines is 1. The summed E-state index contributed by atoms with van der Waals surface area (Å²) in [6, 6.07) is 5.43. The lowest BCUT2D eigenvalue weighted by Gasteiger charge is -2.10. The molecule has 0 saturated heterocycles. The summed E-state index contributed by atoms with van der Waals surface area (Å²) in [6.45, 7) is 5.34. The maximum absolute atomic E-state index is 11.7. The third kappa shape index (κ3) is 3.04. The molecule has 1 aromatic carbocycles. The molecule has 106 valence electrons. The fourth-order valence-corrected chi connectivity index (χ4v) is 3.49. The number of H-pyrrole nitrogens is 1. The molecular formula is C13H14BrN3O2S. The molecule has 0 aliphatic heterocycles. The Morgan fingerprint density at radius 1 is 1.45 bits per heavy atom. The van der Waals surface area contributed by atoms with E-state index in [9.17, 15) is 9.59 Å². The summed E-state index contributed by atoms with van der Waals surface area (Å²) >= 11 is 4.69. The van der Waals surface area contributed by atoms with E-state index in [0.717, 1.165) is 9.37 Å². The van der Waals surface area contributed by atoms with E-state index < -0.39 is 0 Å². The first kappa shape index (κ1) is 15.1. The molecule has 2 aromatic rings. The summed E-state index contributed by atoms with van der Waals surface area (Å²) in [5.74, 6) is -0.0195. The lowest BCUT2D eigenvalue weighted by Crippen LogP contribution is -2.19. The molecule has 0 amide bonds. The molecule has 0 unspecified atom stereocenters. The van der Waals surface area contributed by atoms with Crippen LogP contribution in [0.1, 0.15) is 37.2 Å². The highest BCUT2D eigenvalue weighted by molar-refractivity contribution is 9.10. The normalized spacial score (nSPS) is 11.1. The second-order valence-electron chi connectivity index (χ2n) is 4.57. The molecule has 1 aromatic heterocycles. The number of aromatic nitrogens is 3. The van der Waals surface area contributed by atoms with Crippen LogP contribution < -0.4 is 5.69 Å². The summed E-state index contributed by atoms with van der Waals surface area (Å²) in [5.41, 5.74) is 0.367. The first-order valence-corrected chi connectivity index (χ1v) is 7.66. The van der Waals surface area contributed by atoms with Crippen molar-refractivity contribution < 1.29 is 4.79 Å². The van der Waals surface area contributed by atoms with Crippen LogP contribution in [-0.2, 0) is 0 Å². The van der Waals surface area contributed by atoms with Crippen LogP contribution in [0.25, 0.3) is 0 Å². The fraction of sp³-hybridized carbons (Fsp3) is 0.308. The van der Waals surface area contributed by atoms with Gasteiger partial charge in [-0.25, -0.2) is 9.89 Å². The van der Waals surface area contributed by atoms with Crippen LogP contribution in [0.4, 0.5) is 0 Å². The van der Waals surface area contributed by atoms with Crippen LogP contribution in [-0.4, -0.2) is 20.5 Å². The number of benzene rings is 1. The molecule has 0 radical (unpaired) electrons. The van der Waals surface area contributed by atoms with Gasteiger partial charge in [-0.2, -0.15) is 0 Å². The molecule has 7 heteroatoms. The van der Waals surface area contributed by atoms with Crippen molar-refractivity contribution in [3.05, 3.63) is 38.7 Å². The SMILES string of the molecule is CC(=O)c1ccc(Br)cc1Sc1n[nH]c(=O)n1C(C)C. The predicted octanol–water partition coefficient (Wildman–Crippen LogP) is 3.27. The van der Waals surface area contributed by atoms with Gasteiger partial charge in [0.2, 0.25) is 0 Å². The first-order chi connectivity index (χ1) is 9.40. The number of carbonyl (C=O) groups is 1. The monoisotopic (exact) mass is 355 g/mol. The molecule has 2 rings (SSSR count). The average Bonchev–Trinajstić information content (AvgIpc) is 2.70. The molecule has 20 heavy (non-hydrogen) atoms. The van der Waals surface area contributed by atoms with Gasteiger partial charge in [0.25, 0.3) is 0 Å². The summed E-state index contributed by atoms with van der Waals surface area (Å²) in [7, 11) is 0. The number of hydrogen-bond acceptors (Lipinski definition) is 4. The van der Waals surface area contributed by atoms with Gasteiger partial charge in [0.1, 0.15) is 0 Å². The Morgan fingerprint density at radius 2 is 2.15 bits per heavy atom. The highest BCUT2D eigenvalue weighted by Crippen LogP contribution is 2.32. The molecule has 1 heterocycles. The zero-order chi connectivity index (χ0) is 14.9. The molecular weight excluding hydrogens is 342 g/mol. The minimum atomic E-state index is -0.248. The summed E-state index contributed by atoms with van der Waals surface area (Å²) in [4.78, 5) is 24.2.